The first kappa shape index (κ1) is 13.8. The van der Waals surface area contributed by atoms with Crippen LogP contribution >= 0.6 is 15.9 Å². The number of benzene rings is 1. The molecule has 1 aromatic rings. The molecule has 0 aromatic heterocycles. The van der Waals surface area contributed by atoms with Gasteiger partial charge in [0.05, 0.1) is 19.4 Å². The van der Waals surface area contributed by atoms with Crippen LogP contribution in [0.4, 0.5) is 0 Å². The van der Waals surface area contributed by atoms with Crippen molar-refractivity contribution in [3.8, 4) is 5.75 Å². The van der Waals surface area contributed by atoms with Crippen LogP contribution in [-0.2, 0) is 10.0 Å². The third-order valence-electron chi connectivity index (χ3n) is 3.18. The summed E-state index contributed by atoms with van der Waals surface area (Å²) in [7, 11) is -1.57. The number of sulfonamides is 1. The van der Waals surface area contributed by atoms with Crippen LogP contribution in [0.3, 0.4) is 0 Å². The molecule has 0 spiro atoms. The first-order valence-corrected chi connectivity index (χ1v) is 8.38. The minimum absolute atomic E-state index is 0.118. The van der Waals surface area contributed by atoms with Crippen molar-refractivity contribution in [3.05, 3.63) is 28.2 Å². The predicted octanol–water partition coefficient (Wildman–Crippen LogP) is 2.55. The highest BCUT2D eigenvalue weighted by molar-refractivity contribution is 9.10. The van der Waals surface area contributed by atoms with Crippen LogP contribution in [0, 0.1) is 0 Å². The molecule has 1 aromatic carbocycles. The molecule has 6 heteroatoms. The van der Waals surface area contributed by atoms with E-state index in [1.165, 1.54) is 6.26 Å². The van der Waals surface area contributed by atoms with Crippen molar-refractivity contribution in [2.75, 3.05) is 19.9 Å². The quantitative estimate of drug-likeness (QED) is 0.853. The minimum Gasteiger partial charge on any atom is -0.496 e. The molecule has 100 valence electrons. The van der Waals surface area contributed by atoms with Crippen molar-refractivity contribution in [2.24, 2.45) is 0 Å². The number of hydrogen-bond donors (Lipinski definition) is 0. The first-order chi connectivity index (χ1) is 8.43. The molecule has 1 aliphatic rings. The van der Waals surface area contributed by atoms with Gasteiger partial charge in [0.1, 0.15) is 5.75 Å². The van der Waals surface area contributed by atoms with Crippen LogP contribution in [0.25, 0.3) is 0 Å². The molecule has 0 aliphatic carbocycles. The van der Waals surface area contributed by atoms with Crippen LogP contribution in [0.2, 0.25) is 0 Å². The molecular weight excluding hydrogens is 318 g/mol. The fraction of sp³-hybridized carbons (Fsp3) is 0.500. The monoisotopic (exact) mass is 333 g/mol. The van der Waals surface area contributed by atoms with E-state index in [4.69, 9.17) is 4.74 Å². The third-order valence-corrected chi connectivity index (χ3v) is 4.96. The molecule has 1 saturated heterocycles. The van der Waals surface area contributed by atoms with Gasteiger partial charge in [0, 0.05) is 16.6 Å². The second-order valence-corrected chi connectivity index (χ2v) is 7.27. The Morgan fingerprint density at radius 1 is 1.44 bits per heavy atom. The summed E-state index contributed by atoms with van der Waals surface area (Å²) >= 11 is 3.42. The molecule has 2 rings (SSSR count). The van der Waals surface area contributed by atoms with Crippen molar-refractivity contribution < 1.29 is 13.2 Å². The highest BCUT2D eigenvalue weighted by Crippen LogP contribution is 2.39. The molecule has 1 atom stereocenters. The van der Waals surface area contributed by atoms with E-state index in [1.807, 2.05) is 18.2 Å². The highest BCUT2D eigenvalue weighted by Gasteiger charge is 2.34. The first-order valence-electron chi connectivity index (χ1n) is 5.73. The molecule has 4 nitrogen and oxygen atoms in total. The lowest BCUT2D eigenvalue weighted by Gasteiger charge is -2.24. The summed E-state index contributed by atoms with van der Waals surface area (Å²) in [5.74, 6) is 0.735. The van der Waals surface area contributed by atoms with Crippen LogP contribution in [0.15, 0.2) is 22.7 Å². The molecular formula is C12H16BrNO3S. The van der Waals surface area contributed by atoms with Gasteiger partial charge < -0.3 is 4.74 Å². The van der Waals surface area contributed by atoms with Crippen molar-refractivity contribution >= 4 is 26.0 Å². The van der Waals surface area contributed by atoms with E-state index in [-0.39, 0.29) is 6.04 Å². The van der Waals surface area contributed by atoms with Crippen LogP contribution in [0.1, 0.15) is 24.4 Å². The van der Waals surface area contributed by atoms with E-state index in [1.54, 1.807) is 11.4 Å². The molecule has 1 fully saturated rings. The number of rotatable bonds is 3. The number of ether oxygens (including phenoxy) is 1. The van der Waals surface area contributed by atoms with E-state index >= 15 is 0 Å². The largest absolute Gasteiger partial charge is 0.496 e. The van der Waals surface area contributed by atoms with Gasteiger partial charge in [-0.15, -0.1) is 0 Å². The smallest absolute Gasteiger partial charge is 0.211 e. The Hall–Kier alpha value is -0.590. The van der Waals surface area contributed by atoms with Crippen molar-refractivity contribution in [2.45, 2.75) is 18.9 Å². The van der Waals surface area contributed by atoms with Crippen molar-refractivity contribution in [1.29, 1.82) is 0 Å². The Balaban J connectivity index is 2.44. The summed E-state index contributed by atoms with van der Waals surface area (Å²) in [6.45, 7) is 0.583. The Bertz CT molecular complexity index is 544. The molecule has 0 radical (unpaired) electrons. The van der Waals surface area contributed by atoms with E-state index in [0.29, 0.717) is 6.54 Å². The maximum Gasteiger partial charge on any atom is 0.211 e. The average Bonchev–Trinajstić information content (AvgIpc) is 2.77. The van der Waals surface area contributed by atoms with Gasteiger partial charge in [-0.2, -0.15) is 4.31 Å². The van der Waals surface area contributed by atoms with Gasteiger partial charge >= 0.3 is 0 Å². The van der Waals surface area contributed by atoms with Gasteiger partial charge in [-0.1, -0.05) is 15.9 Å². The van der Waals surface area contributed by atoms with Crippen molar-refractivity contribution in [3.63, 3.8) is 0 Å². The Labute approximate surface area is 116 Å². The van der Waals surface area contributed by atoms with Crippen molar-refractivity contribution in [1.82, 2.24) is 4.31 Å². The molecule has 0 amide bonds. The standard InChI is InChI=1S/C12H16BrNO3S/c1-17-12-6-5-9(13)8-10(12)11-4-3-7-14(11)18(2,15)16/h5-6,8,11H,3-4,7H2,1-2H3/t11-/m0/s1. The lowest BCUT2D eigenvalue weighted by molar-refractivity contribution is 0.368. The van der Waals surface area contributed by atoms with E-state index in [9.17, 15) is 8.42 Å². The van der Waals surface area contributed by atoms with Gasteiger partial charge in [0.25, 0.3) is 0 Å². The van der Waals surface area contributed by atoms with E-state index < -0.39 is 10.0 Å². The molecule has 1 heterocycles. The lowest BCUT2D eigenvalue weighted by Crippen LogP contribution is -2.29. The Morgan fingerprint density at radius 3 is 2.78 bits per heavy atom. The molecule has 0 unspecified atom stereocenters. The Kier molecular flexibility index (Phi) is 3.99. The third kappa shape index (κ3) is 2.70. The summed E-state index contributed by atoms with van der Waals surface area (Å²) < 4.78 is 31.4. The maximum absolute atomic E-state index is 11.8. The number of nitrogens with zero attached hydrogens (tertiary/aromatic N) is 1. The summed E-state index contributed by atoms with van der Waals surface area (Å²) in [4.78, 5) is 0. The topological polar surface area (TPSA) is 46.6 Å². The molecule has 0 bridgehead atoms. The summed E-state index contributed by atoms with van der Waals surface area (Å²) in [5, 5.41) is 0. The fourth-order valence-corrected chi connectivity index (χ4v) is 3.93. The zero-order valence-electron chi connectivity index (χ0n) is 10.4. The SMILES string of the molecule is COc1ccc(Br)cc1[C@@H]1CCCN1S(C)(=O)=O. The summed E-state index contributed by atoms with van der Waals surface area (Å²) in [6.07, 6.45) is 2.98. The molecule has 0 N–H and O–H groups in total. The minimum atomic E-state index is -3.18. The normalized spacial score (nSPS) is 21.2. The zero-order chi connectivity index (χ0) is 13.3. The number of methoxy groups -OCH3 is 1. The van der Waals surface area contributed by atoms with Gasteiger partial charge in [-0.25, -0.2) is 8.42 Å². The Morgan fingerprint density at radius 2 is 2.17 bits per heavy atom. The molecule has 18 heavy (non-hydrogen) atoms. The predicted molar refractivity (Wildman–Crippen MR) is 74.2 cm³/mol. The van der Waals surface area contributed by atoms with Gasteiger partial charge in [0.15, 0.2) is 0 Å². The van der Waals surface area contributed by atoms with Gasteiger partial charge in [-0.05, 0) is 31.0 Å². The van der Waals surface area contributed by atoms with Crippen LogP contribution < -0.4 is 4.74 Å². The number of halogens is 1. The van der Waals surface area contributed by atoms with Gasteiger partial charge in [0.2, 0.25) is 10.0 Å². The van der Waals surface area contributed by atoms with E-state index in [0.717, 1.165) is 28.6 Å². The molecule has 0 saturated carbocycles. The lowest BCUT2D eigenvalue weighted by atomic mass is 10.0. The second kappa shape index (κ2) is 5.19. The van der Waals surface area contributed by atoms with Crippen LogP contribution in [-0.4, -0.2) is 32.6 Å². The van der Waals surface area contributed by atoms with E-state index in [2.05, 4.69) is 15.9 Å². The highest BCUT2D eigenvalue weighted by atomic mass is 79.9. The maximum atomic E-state index is 11.8. The van der Waals surface area contributed by atoms with Crippen LogP contribution in [0.5, 0.6) is 5.75 Å². The average molecular weight is 334 g/mol. The summed E-state index contributed by atoms with van der Waals surface area (Å²) in [5.41, 5.74) is 0.926. The molecule has 1 aliphatic heterocycles. The second-order valence-electron chi connectivity index (χ2n) is 4.42. The summed E-state index contributed by atoms with van der Waals surface area (Å²) in [6, 6.07) is 5.57. The van der Waals surface area contributed by atoms with Gasteiger partial charge in [-0.3, -0.25) is 0 Å². The zero-order valence-corrected chi connectivity index (χ0v) is 12.8. The fourth-order valence-electron chi connectivity index (χ4n) is 2.41. The number of hydrogen-bond acceptors (Lipinski definition) is 3.